The average molecular weight is 350 g/mol. The molecule has 1 atom stereocenters. The minimum Gasteiger partial charge on any atom is -0.478 e. The fourth-order valence-electron chi connectivity index (χ4n) is 2.42. The molecule has 1 aliphatic rings. The van der Waals surface area contributed by atoms with Crippen LogP contribution in [0.15, 0.2) is 54.1 Å². The molecule has 2 aromatic rings. The summed E-state index contributed by atoms with van der Waals surface area (Å²) >= 11 is 0. The molecule has 0 amide bonds. The predicted molar refractivity (Wildman–Crippen MR) is 89.3 cm³/mol. The van der Waals surface area contributed by atoms with E-state index in [2.05, 4.69) is 0 Å². The van der Waals surface area contributed by atoms with Gasteiger partial charge in [0.15, 0.2) is 0 Å². The molecule has 0 spiro atoms. The van der Waals surface area contributed by atoms with Crippen molar-refractivity contribution in [2.75, 3.05) is 0 Å². The van der Waals surface area contributed by atoms with E-state index < -0.39 is 23.8 Å². The minimum absolute atomic E-state index is 0.0127. The molecule has 3 nitrogen and oxygen atoms in total. The summed E-state index contributed by atoms with van der Waals surface area (Å²) in [6, 6.07) is 13.9. The van der Waals surface area contributed by atoms with Crippen LogP contribution in [0.3, 0.4) is 0 Å². The van der Waals surface area contributed by atoms with Gasteiger partial charge in [-0.2, -0.15) is 13.2 Å². The number of carboxylic acid groups (broad SMARTS) is 1. The molecule has 3 rings (SSSR count). The van der Waals surface area contributed by atoms with Gasteiger partial charge in [0.25, 0.3) is 0 Å². The molecule has 1 unspecified atom stereocenters. The Labute approximate surface area is 143 Å². The first kappa shape index (κ1) is 18.6. The number of benzene rings is 2. The van der Waals surface area contributed by atoms with Crippen LogP contribution < -0.4 is 4.74 Å². The number of aliphatic carboxylic acids is 1. The van der Waals surface area contributed by atoms with Gasteiger partial charge in [-0.05, 0) is 23.3 Å². The number of fused-ring (bicyclic) bond motifs is 1. The summed E-state index contributed by atoms with van der Waals surface area (Å²) in [4.78, 5) is 11.1. The Morgan fingerprint density at radius 1 is 1.04 bits per heavy atom. The van der Waals surface area contributed by atoms with E-state index in [4.69, 9.17) is 9.84 Å². The summed E-state index contributed by atoms with van der Waals surface area (Å²) in [5.41, 5.74) is 1.01. The third kappa shape index (κ3) is 4.02. The van der Waals surface area contributed by atoms with Gasteiger partial charge in [0, 0.05) is 5.56 Å². The second kappa shape index (κ2) is 7.42. The van der Waals surface area contributed by atoms with Crippen LogP contribution in [0, 0.1) is 0 Å². The first-order valence-corrected chi connectivity index (χ1v) is 7.74. The van der Waals surface area contributed by atoms with E-state index >= 15 is 0 Å². The van der Waals surface area contributed by atoms with Crippen molar-refractivity contribution in [2.24, 2.45) is 0 Å². The zero-order valence-corrected chi connectivity index (χ0v) is 13.7. The van der Waals surface area contributed by atoms with E-state index in [1.807, 2.05) is 44.2 Å². The predicted octanol–water partition coefficient (Wildman–Crippen LogP) is 5.17. The second-order valence-corrected chi connectivity index (χ2v) is 5.06. The van der Waals surface area contributed by atoms with Crippen LogP contribution in [0.1, 0.15) is 19.4 Å². The Morgan fingerprint density at radius 3 is 2.24 bits per heavy atom. The SMILES string of the molecule is CC.O=C(O)C1=Cc2ccc(-c3ccccc3)cc2OC1C(F)(F)F. The molecular formula is C19H17F3O3. The van der Waals surface area contributed by atoms with Crippen molar-refractivity contribution >= 4 is 12.0 Å². The zero-order valence-electron chi connectivity index (χ0n) is 13.7. The maximum atomic E-state index is 13.0. The third-order valence-corrected chi connectivity index (χ3v) is 3.50. The maximum Gasteiger partial charge on any atom is 0.430 e. The van der Waals surface area contributed by atoms with Gasteiger partial charge in [-0.25, -0.2) is 4.79 Å². The van der Waals surface area contributed by atoms with Crippen molar-refractivity contribution in [3.05, 3.63) is 59.7 Å². The molecule has 0 radical (unpaired) electrons. The summed E-state index contributed by atoms with van der Waals surface area (Å²) < 4.78 is 44.1. The lowest BCUT2D eigenvalue weighted by Gasteiger charge is -2.27. The minimum atomic E-state index is -4.80. The molecular weight excluding hydrogens is 333 g/mol. The number of halogens is 3. The van der Waals surface area contributed by atoms with Crippen LogP contribution in [0.2, 0.25) is 0 Å². The number of hydrogen-bond donors (Lipinski definition) is 1. The monoisotopic (exact) mass is 350 g/mol. The highest BCUT2D eigenvalue weighted by Crippen LogP contribution is 2.39. The highest BCUT2D eigenvalue weighted by atomic mass is 19.4. The smallest absolute Gasteiger partial charge is 0.430 e. The van der Waals surface area contributed by atoms with Crippen molar-refractivity contribution in [2.45, 2.75) is 26.1 Å². The summed E-state index contributed by atoms with van der Waals surface area (Å²) in [5.74, 6) is -1.64. The highest BCUT2D eigenvalue weighted by molar-refractivity contribution is 5.95. The normalized spacial score (nSPS) is 15.9. The number of carbonyl (C=O) groups is 1. The van der Waals surface area contributed by atoms with E-state index in [9.17, 15) is 18.0 Å². The second-order valence-electron chi connectivity index (χ2n) is 5.06. The van der Waals surface area contributed by atoms with Crippen LogP contribution in [0.25, 0.3) is 17.2 Å². The van der Waals surface area contributed by atoms with Crippen LogP contribution in [0.5, 0.6) is 5.75 Å². The molecule has 132 valence electrons. The number of alkyl halides is 3. The third-order valence-electron chi connectivity index (χ3n) is 3.50. The van der Waals surface area contributed by atoms with Gasteiger partial charge in [0.2, 0.25) is 6.10 Å². The van der Waals surface area contributed by atoms with E-state index in [1.54, 1.807) is 12.1 Å². The Bertz CT molecular complexity index is 780. The Hall–Kier alpha value is -2.76. The topological polar surface area (TPSA) is 46.5 Å². The van der Waals surface area contributed by atoms with Gasteiger partial charge >= 0.3 is 12.1 Å². The van der Waals surface area contributed by atoms with Crippen LogP contribution >= 0.6 is 0 Å². The lowest BCUT2D eigenvalue weighted by atomic mass is 9.98. The largest absolute Gasteiger partial charge is 0.478 e. The molecule has 0 saturated carbocycles. The first-order valence-electron chi connectivity index (χ1n) is 7.74. The van der Waals surface area contributed by atoms with Crippen molar-refractivity contribution in [1.29, 1.82) is 0 Å². The molecule has 0 aliphatic carbocycles. The number of ether oxygens (including phenoxy) is 1. The van der Waals surface area contributed by atoms with Gasteiger partial charge in [0.05, 0.1) is 5.57 Å². The molecule has 0 aromatic heterocycles. The van der Waals surface area contributed by atoms with E-state index in [0.29, 0.717) is 11.1 Å². The van der Waals surface area contributed by atoms with Crippen molar-refractivity contribution in [3.63, 3.8) is 0 Å². The molecule has 1 N–H and O–H groups in total. The maximum absolute atomic E-state index is 13.0. The average Bonchev–Trinajstić information content (AvgIpc) is 2.61. The summed E-state index contributed by atoms with van der Waals surface area (Å²) in [7, 11) is 0. The zero-order chi connectivity index (χ0) is 18.6. The summed E-state index contributed by atoms with van der Waals surface area (Å²) in [5, 5.41) is 8.98. The molecule has 0 bridgehead atoms. The number of rotatable bonds is 2. The van der Waals surface area contributed by atoms with Gasteiger partial charge in [-0.3, -0.25) is 0 Å². The quantitative estimate of drug-likeness (QED) is 0.813. The lowest BCUT2D eigenvalue weighted by molar-refractivity contribution is -0.187. The Kier molecular flexibility index (Phi) is 5.51. The van der Waals surface area contributed by atoms with Crippen molar-refractivity contribution < 1.29 is 27.8 Å². The lowest BCUT2D eigenvalue weighted by Crippen LogP contribution is -2.40. The summed E-state index contributed by atoms with van der Waals surface area (Å²) in [6.07, 6.45) is -6.27. The van der Waals surface area contributed by atoms with E-state index in [-0.39, 0.29) is 5.75 Å². The summed E-state index contributed by atoms with van der Waals surface area (Å²) in [6.45, 7) is 4.00. The molecule has 6 heteroatoms. The molecule has 0 fully saturated rings. The standard InChI is InChI=1S/C17H11F3O3.C2H6/c18-17(19,20)15-13(16(21)22)8-12-7-6-11(9-14(12)23-15)10-4-2-1-3-5-10;1-2/h1-9,15H,(H,21,22);1-2H3. The Morgan fingerprint density at radius 2 is 1.68 bits per heavy atom. The van der Waals surface area contributed by atoms with Crippen molar-refractivity contribution in [1.82, 2.24) is 0 Å². The first-order chi connectivity index (χ1) is 11.9. The fourth-order valence-corrected chi connectivity index (χ4v) is 2.42. The fraction of sp³-hybridized carbons (Fsp3) is 0.211. The Balaban J connectivity index is 0.00000109. The van der Waals surface area contributed by atoms with Crippen molar-refractivity contribution in [3.8, 4) is 16.9 Å². The number of hydrogen-bond acceptors (Lipinski definition) is 2. The van der Waals surface area contributed by atoms with E-state index in [0.717, 1.165) is 11.6 Å². The molecule has 0 saturated heterocycles. The van der Waals surface area contributed by atoms with Crippen LogP contribution in [-0.2, 0) is 4.79 Å². The van der Waals surface area contributed by atoms with Crippen LogP contribution in [0.4, 0.5) is 13.2 Å². The van der Waals surface area contributed by atoms with Gasteiger partial charge in [0.1, 0.15) is 5.75 Å². The molecule has 1 aliphatic heterocycles. The van der Waals surface area contributed by atoms with Gasteiger partial charge in [-0.15, -0.1) is 0 Å². The van der Waals surface area contributed by atoms with Crippen LogP contribution in [-0.4, -0.2) is 23.4 Å². The molecule has 1 heterocycles. The molecule has 25 heavy (non-hydrogen) atoms. The van der Waals surface area contributed by atoms with E-state index in [1.165, 1.54) is 6.07 Å². The van der Waals surface area contributed by atoms with Gasteiger partial charge in [-0.1, -0.05) is 56.3 Å². The highest BCUT2D eigenvalue weighted by Gasteiger charge is 2.48. The number of carboxylic acids is 1. The van der Waals surface area contributed by atoms with Gasteiger partial charge < -0.3 is 9.84 Å². The molecule has 2 aromatic carbocycles.